The summed E-state index contributed by atoms with van der Waals surface area (Å²) in [6, 6.07) is 10.6. The lowest BCUT2D eigenvalue weighted by Gasteiger charge is -2.19. The van der Waals surface area contributed by atoms with Crippen molar-refractivity contribution in [3.8, 4) is 0 Å². The maximum absolute atomic E-state index is 5.88. The molecule has 0 spiro atoms. The summed E-state index contributed by atoms with van der Waals surface area (Å²) in [5.41, 5.74) is 8.46. The van der Waals surface area contributed by atoms with Crippen molar-refractivity contribution >= 4 is 16.5 Å². The van der Waals surface area contributed by atoms with Crippen molar-refractivity contribution in [2.45, 2.75) is 38.8 Å². The second-order valence-electron chi connectivity index (χ2n) is 5.28. The van der Waals surface area contributed by atoms with Gasteiger partial charge in [-0.25, -0.2) is 4.98 Å². The third-order valence-corrected chi connectivity index (χ3v) is 4.89. The van der Waals surface area contributed by atoms with Gasteiger partial charge < -0.3 is 10.6 Å². The molecule has 1 aromatic heterocycles. The molecule has 1 heterocycles. The summed E-state index contributed by atoms with van der Waals surface area (Å²) in [7, 11) is 0. The minimum atomic E-state index is 0.617. The first-order valence-electron chi connectivity index (χ1n) is 7.30. The van der Waals surface area contributed by atoms with E-state index in [0.29, 0.717) is 12.5 Å². The lowest BCUT2D eigenvalue weighted by Crippen LogP contribution is -2.21. The van der Waals surface area contributed by atoms with Crippen LogP contribution in [0.15, 0.2) is 30.3 Å². The molecule has 3 rings (SSSR count). The Kier molecular flexibility index (Phi) is 4.03. The summed E-state index contributed by atoms with van der Waals surface area (Å²) in [5.74, 6) is 0.675. The molecule has 4 heteroatoms. The van der Waals surface area contributed by atoms with Gasteiger partial charge in [-0.15, -0.1) is 11.3 Å². The van der Waals surface area contributed by atoms with E-state index in [-0.39, 0.29) is 0 Å². The summed E-state index contributed by atoms with van der Waals surface area (Å²) in [4.78, 5) is 8.49. The van der Waals surface area contributed by atoms with Gasteiger partial charge in [-0.3, -0.25) is 0 Å². The van der Waals surface area contributed by atoms with Crippen LogP contribution in [0.1, 0.15) is 41.8 Å². The summed E-state index contributed by atoms with van der Waals surface area (Å²) in [6.07, 6.45) is 2.56. The van der Waals surface area contributed by atoms with Crippen molar-refractivity contribution in [2.75, 3.05) is 11.4 Å². The number of aromatic nitrogens is 1. The highest BCUT2D eigenvalue weighted by atomic mass is 32.1. The highest BCUT2D eigenvalue weighted by Crippen LogP contribution is 2.44. The van der Waals surface area contributed by atoms with Crippen LogP contribution in [0.25, 0.3) is 0 Å². The van der Waals surface area contributed by atoms with Crippen LogP contribution in [0.2, 0.25) is 0 Å². The van der Waals surface area contributed by atoms with E-state index in [1.165, 1.54) is 29.0 Å². The van der Waals surface area contributed by atoms with Gasteiger partial charge in [0.05, 0.1) is 5.69 Å². The second-order valence-corrected chi connectivity index (χ2v) is 6.35. The van der Waals surface area contributed by atoms with E-state index in [1.807, 2.05) is 0 Å². The third-order valence-electron chi connectivity index (χ3n) is 3.73. The van der Waals surface area contributed by atoms with Crippen LogP contribution < -0.4 is 10.6 Å². The van der Waals surface area contributed by atoms with Crippen LogP contribution in [-0.2, 0) is 13.1 Å². The highest BCUT2D eigenvalue weighted by Gasteiger charge is 2.29. The molecular formula is C16H21N3S. The van der Waals surface area contributed by atoms with Crippen molar-refractivity contribution in [3.63, 3.8) is 0 Å². The fraction of sp³-hybridized carbons (Fsp3) is 0.438. The number of rotatable bonds is 6. The van der Waals surface area contributed by atoms with Crippen LogP contribution >= 0.6 is 11.3 Å². The van der Waals surface area contributed by atoms with Crippen LogP contribution in [0.5, 0.6) is 0 Å². The van der Waals surface area contributed by atoms with Gasteiger partial charge in [0.25, 0.3) is 0 Å². The number of hydrogen-bond donors (Lipinski definition) is 1. The van der Waals surface area contributed by atoms with Crippen LogP contribution in [0.3, 0.4) is 0 Å². The standard InChI is InChI=1S/C16H21N3S/c1-2-19(11-12-6-4-3-5-7-12)16-18-15(13-8-9-13)14(10-17)20-16/h3-7,13H,2,8-11,17H2,1H3. The molecule has 3 nitrogen and oxygen atoms in total. The smallest absolute Gasteiger partial charge is 0.186 e. The van der Waals surface area contributed by atoms with Crippen molar-refractivity contribution in [1.29, 1.82) is 0 Å². The van der Waals surface area contributed by atoms with E-state index < -0.39 is 0 Å². The van der Waals surface area contributed by atoms with Crippen LogP contribution in [0, 0.1) is 0 Å². The zero-order valence-corrected chi connectivity index (χ0v) is 12.7. The lowest BCUT2D eigenvalue weighted by atomic mass is 10.2. The predicted octanol–water partition coefficient (Wildman–Crippen LogP) is 3.51. The molecule has 0 atom stereocenters. The Morgan fingerprint density at radius 1 is 1.30 bits per heavy atom. The normalized spacial score (nSPS) is 14.5. The molecule has 0 radical (unpaired) electrons. The van der Waals surface area contributed by atoms with Crippen molar-refractivity contribution in [1.82, 2.24) is 4.98 Å². The van der Waals surface area contributed by atoms with Gasteiger partial charge in [-0.2, -0.15) is 0 Å². The zero-order chi connectivity index (χ0) is 13.9. The van der Waals surface area contributed by atoms with Crippen molar-refractivity contribution < 1.29 is 0 Å². The maximum atomic E-state index is 5.88. The third kappa shape index (κ3) is 2.86. The molecule has 0 amide bonds. The topological polar surface area (TPSA) is 42.2 Å². The predicted molar refractivity (Wildman–Crippen MR) is 85.1 cm³/mol. The molecule has 106 valence electrons. The van der Waals surface area contributed by atoms with Gasteiger partial charge in [0.15, 0.2) is 5.13 Å². The molecule has 1 aliphatic carbocycles. The van der Waals surface area contributed by atoms with Gasteiger partial charge >= 0.3 is 0 Å². The Morgan fingerprint density at radius 3 is 2.65 bits per heavy atom. The molecule has 1 aliphatic rings. The summed E-state index contributed by atoms with van der Waals surface area (Å²) >= 11 is 1.77. The number of nitrogens with two attached hydrogens (primary N) is 1. The molecule has 2 N–H and O–H groups in total. The Balaban J connectivity index is 1.82. The second kappa shape index (κ2) is 5.94. The number of hydrogen-bond acceptors (Lipinski definition) is 4. The molecule has 0 aliphatic heterocycles. The van der Waals surface area contributed by atoms with E-state index in [0.717, 1.165) is 18.2 Å². The Morgan fingerprint density at radius 2 is 2.05 bits per heavy atom. The number of thiazole rings is 1. The van der Waals surface area contributed by atoms with Gasteiger partial charge in [0.1, 0.15) is 0 Å². The van der Waals surface area contributed by atoms with Crippen molar-refractivity contribution in [2.24, 2.45) is 5.73 Å². The first-order valence-corrected chi connectivity index (χ1v) is 8.12. The SMILES string of the molecule is CCN(Cc1ccccc1)c1nc(C2CC2)c(CN)s1. The van der Waals surface area contributed by atoms with E-state index in [4.69, 9.17) is 10.7 Å². The first-order chi connectivity index (χ1) is 9.81. The molecule has 2 aromatic rings. The molecule has 0 bridgehead atoms. The van der Waals surface area contributed by atoms with Gasteiger partial charge in [0, 0.05) is 30.4 Å². The van der Waals surface area contributed by atoms with Gasteiger partial charge in [-0.05, 0) is 25.3 Å². The van der Waals surface area contributed by atoms with Crippen LogP contribution in [0.4, 0.5) is 5.13 Å². The molecule has 0 saturated heterocycles. The number of benzene rings is 1. The van der Waals surface area contributed by atoms with E-state index in [9.17, 15) is 0 Å². The van der Waals surface area contributed by atoms with Gasteiger partial charge in [-0.1, -0.05) is 30.3 Å². The number of anilines is 1. The largest absolute Gasteiger partial charge is 0.344 e. The minimum absolute atomic E-state index is 0.617. The molecule has 0 unspecified atom stereocenters. The average Bonchev–Trinajstić information content (AvgIpc) is 3.25. The zero-order valence-electron chi connectivity index (χ0n) is 11.9. The summed E-state index contributed by atoms with van der Waals surface area (Å²) in [5, 5.41) is 1.12. The number of nitrogens with zero attached hydrogens (tertiary/aromatic N) is 2. The van der Waals surface area contributed by atoms with Crippen molar-refractivity contribution in [3.05, 3.63) is 46.5 Å². The van der Waals surface area contributed by atoms with E-state index in [2.05, 4.69) is 42.2 Å². The fourth-order valence-electron chi connectivity index (χ4n) is 2.43. The minimum Gasteiger partial charge on any atom is -0.344 e. The van der Waals surface area contributed by atoms with E-state index >= 15 is 0 Å². The molecule has 1 aromatic carbocycles. The summed E-state index contributed by atoms with van der Waals surface area (Å²) < 4.78 is 0. The monoisotopic (exact) mass is 287 g/mol. The lowest BCUT2D eigenvalue weighted by molar-refractivity contribution is 0.820. The van der Waals surface area contributed by atoms with Crippen LogP contribution in [-0.4, -0.2) is 11.5 Å². The summed E-state index contributed by atoms with van der Waals surface area (Å²) in [6.45, 7) is 4.69. The molecule has 1 saturated carbocycles. The van der Waals surface area contributed by atoms with E-state index in [1.54, 1.807) is 11.3 Å². The Hall–Kier alpha value is -1.39. The maximum Gasteiger partial charge on any atom is 0.186 e. The van der Waals surface area contributed by atoms with Gasteiger partial charge in [0.2, 0.25) is 0 Å². The molecule has 1 fully saturated rings. The quantitative estimate of drug-likeness (QED) is 0.884. The molecular weight excluding hydrogens is 266 g/mol. The average molecular weight is 287 g/mol. The fourth-order valence-corrected chi connectivity index (χ4v) is 3.51. The first kappa shape index (κ1) is 13.6. The molecule has 20 heavy (non-hydrogen) atoms. The Labute approximate surface area is 124 Å². The highest BCUT2D eigenvalue weighted by molar-refractivity contribution is 7.15. The Bertz CT molecular complexity index is 560.